The summed E-state index contributed by atoms with van der Waals surface area (Å²) in [5, 5.41) is 4.12. The van der Waals surface area contributed by atoms with Crippen LogP contribution in [0, 0.1) is 6.92 Å². The lowest BCUT2D eigenvalue weighted by atomic mass is 10.1. The Hall–Kier alpha value is -2.99. The minimum absolute atomic E-state index is 0.0771. The van der Waals surface area contributed by atoms with Crippen LogP contribution in [0.5, 0.6) is 0 Å². The predicted octanol–water partition coefficient (Wildman–Crippen LogP) is 4.53. The number of carbonyl (C=O) groups is 1. The molecule has 3 rings (SSSR count). The number of nitrogens with zero attached hydrogens (tertiary/aromatic N) is 4. The molecule has 0 saturated heterocycles. The van der Waals surface area contributed by atoms with Gasteiger partial charge in [-0.05, 0) is 58.5 Å². The number of unbranched alkanes of at least 4 members (excludes halogenated alkanes) is 1. The SMILES string of the molecule is C/C=C(\C)C(CNC(=O)c1cn(-c2ncccn2)c2cccc(C)c12)N(C)CCCC. The van der Waals surface area contributed by atoms with Crippen LogP contribution in [0.1, 0.15) is 49.5 Å². The quantitative estimate of drug-likeness (QED) is 0.518. The van der Waals surface area contributed by atoms with E-state index in [0.29, 0.717) is 18.1 Å². The van der Waals surface area contributed by atoms with E-state index in [2.05, 4.69) is 54.1 Å². The molecule has 1 atom stereocenters. The summed E-state index contributed by atoms with van der Waals surface area (Å²) >= 11 is 0. The summed E-state index contributed by atoms with van der Waals surface area (Å²) in [6.07, 6.45) is 9.68. The highest BCUT2D eigenvalue weighted by Gasteiger charge is 2.21. The third-order valence-electron chi connectivity index (χ3n) is 5.88. The van der Waals surface area contributed by atoms with Gasteiger partial charge in [0.05, 0.1) is 11.1 Å². The Morgan fingerprint density at radius 3 is 2.68 bits per heavy atom. The summed E-state index contributed by atoms with van der Waals surface area (Å²) < 4.78 is 1.89. The van der Waals surface area contributed by atoms with Crippen LogP contribution in [-0.4, -0.2) is 51.5 Å². The molecule has 3 aromatic rings. The minimum Gasteiger partial charge on any atom is -0.350 e. The molecule has 0 aliphatic rings. The summed E-state index contributed by atoms with van der Waals surface area (Å²) in [7, 11) is 2.13. The number of nitrogens with one attached hydrogen (secondary N) is 1. The number of likely N-dealkylation sites (N-methyl/N-ethyl adjacent to an activating group) is 1. The predicted molar refractivity (Wildman–Crippen MR) is 127 cm³/mol. The Bertz CT molecular complexity index is 1050. The molecule has 2 heterocycles. The molecule has 164 valence electrons. The van der Waals surface area contributed by atoms with Crippen LogP contribution < -0.4 is 5.32 Å². The maximum atomic E-state index is 13.3. The highest BCUT2D eigenvalue weighted by atomic mass is 16.1. The van der Waals surface area contributed by atoms with Gasteiger partial charge in [-0.25, -0.2) is 9.97 Å². The van der Waals surface area contributed by atoms with Gasteiger partial charge < -0.3 is 5.32 Å². The molecule has 1 amide bonds. The summed E-state index contributed by atoms with van der Waals surface area (Å²) in [6, 6.07) is 7.98. The molecule has 0 aliphatic carbocycles. The number of benzene rings is 1. The zero-order valence-electron chi connectivity index (χ0n) is 19.2. The zero-order chi connectivity index (χ0) is 22.4. The average molecular weight is 420 g/mol. The van der Waals surface area contributed by atoms with Crippen molar-refractivity contribution >= 4 is 16.8 Å². The van der Waals surface area contributed by atoms with Crippen molar-refractivity contribution in [3.63, 3.8) is 0 Å². The highest BCUT2D eigenvalue weighted by Crippen LogP contribution is 2.26. The second-order valence-electron chi connectivity index (χ2n) is 8.02. The van der Waals surface area contributed by atoms with E-state index in [1.165, 1.54) is 5.57 Å². The Balaban J connectivity index is 1.90. The number of rotatable bonds is 9. The standard InChI is InChI=1S/C25H33N5O/c1-6-8-15-29(5)22(18(3)7-2)16-28-24(31)20-17-30(25-26-13-10-14-27-25)21-12-9-11-19(4)23(20)21/h7,9-14,17,22H,6,8,15-16H2,1-5H3,(H,28,31)/b18-7+. The van der Waals surface area contributed by atoms with Crippen molar-refractivity contribution in [3.05, 3.63) is 65.6 Å². The van der Waals surface area contributed by atoms with Gasteiger partial charge in [0.25, 0.3) is 5.91 Å². The Morgan fingerprint density at radius 1 is 1.26 bits per heavy atom. The Labute approximate surface area is 185 Å². The molecule has 2 aromatic heterocycles. The van der Waals surface area contributed by atoms with Gasteiger partial charge in [-0.15, -0.1) is 0 Å². The van der Waals surface area contributed by atoms with Gasteiger partial charge in [0, 0.05) is 36.6 Å². The van der Waals surface area contributed by atoms with Crippen molar-refractivity contribution in [1.82, 2.24) is 24.8 Å². The van der Waals surface area contributed by atoms with Crippen molar-refractivity contribution in [2.75, 3.05) is 20.1 Å². The number of amides is 1. The molecule has 0 spiro atoms. The third kappa shape index (κ3) is 5.02. The van der Waals surface area contributed by atoms with Gasteiger partial charge in [-0.2, -0.15) is 0 Å². The largest absolute Gasteiger partial charge is 0.350 e. The lowest BCUT2D eigenvalue weighted by Crippen LogP contribution is -2.43. The third-order valence-corrected chi connectivity index (χ3v) is 5.88. The molecule has 6 heteroatoms. The van der Waals surface area contributed by atoms with Gasteiger partial charge in [-0.1, -0.05) is 37.1 Å². The van der Waals surface area contributed by atoms with Crippen molar-refractivity contribution in [2.45, 2.75) is 46.6 Å². The van der Waals surface area contributed by atoms with Gasteiger partial charge >= 0.3 is 0 Å². The van der Waals surface area contributed by atoms with E-state index in [0.717, 1.165) is 35.9 Å². The zero-order valence-corrected chi connectivity index (χ0v) is 19.2. The fourth-order valence-electron chi connectivity index (χ4n) is 3.92. The fraction of sp³-hybridized carbons (Fsp3) is 0.400. The number of carbonyl (C=O) groups excluding carboxylic acids is 1. The van der Waals surface area contributed by atoms with Crippen molar-refractivity contribution < 1.29 is 4.79 Å². The van der Waals surface area contributed by atoms with Crippen LogP contribution in [-0.2, 0) is 0 Å². The molecule has 0 radical (unpaired) electrons. The maximum Gasteiger partial charge on any atom is 0.253 e. The van der Waals surface area contributed by atoms with E-state index < -0.39 is 0 Å². The summed E-state index contributed by atoms with van der Waals surface area (Å²) in [6.45, 7) is 9.97. The molecule has 31 heavy (non-hydrogen) atoms. The number of hydrogen-bond donors (Lipinski definition) is 1. The summed E-state index contributed by atoms with van der Waals surface area (Å²) in [4.78, 5) is 24.4. The van der Waals surface area contributed by atoms with E-state index in [9.17, 15) is 4.79 Å². The molecule has 0 aliphatic heterocycles. The molecule has 0 bridgehead atoms. The van der Waals surface area contributed by atoms with Crippen molar-refractivity contribution in [1.29, 1.82) is 0 Å². The van der Waals surface area contributed by atoms with E-state index in [1.807, 2.05) is 35.9 Å². The number of allylic oxidation sites excluding steroid dienone is 1. The average Bonchev–Trinajstić information content (AvgIpc) is 3.19. The molecule has 6 nitrogen and oxygen atoms in total. The smallest absolute Gasteiger partial charge is 0.253 e. The van der Waals surface area contributed by atoms with E-state index >= 15 is 0 Å². The molecule has 1 N–H and O–H groups in total. The first-order chi connectivity index (χ1) is 15.0. The van der Waals surface area contributed by atoms with Crippen LogP contribution in [0.25, 0.3) is 16.9 Å². The molecule has 1 unspecified atom stereocenters. The molecule has 0 fully saturated rings. The van der Waals surface area contributed by atoms with Gasteiger partial charge in [0.2, 0.25) is 5.95 Å². The molecular formula is C25H33N5O. The van der Waals surface area contributed by atoms with Gasteiger partial charge in [-0.3, -0.25) is 14.3 Å². The molecular weight excluding hydrogens is 386 g/mol. The number of hydrogen-bond acceptors (Lipinski definition) is 4. The Kier molecular flexibility index (Phi) is 7.58. The number of aromatic nitrogens is 3. The minimum atomic E-state index is -0.0771. The molecule has 0 saturated carbocycles. The number of aryl methyl sites for hydroxylation is 1. The van der Waals surface area contributed by atoms with Crippen LogP contribution in [0.15, 0.2) is 54.5 Å². The van der Waals surface area contributed by atoms with E-state index in [1.54, 1.807) is 18.5 Å². The van der Waals surface area contributed by atoms with Crippen LogP contribution in [0.4, 0.5) is 0 Å². The van der Waals surface area contributed by atoms with E-state index in [-0.39, 0.29) is 11.9 Å². The van der Waals surface area contributed by atoms with E-state index in [4.69, 9.17) is 0 Å². The first kappa shape index (κ1) is 22.7. The van der Waals surface area contributed by atoms with Crippen LogP contribution in [0.2, 0.25) is 0 Å². The van der Waals surface area contributed by atoms with Crippen molar-refractivity contribution in [3.8, 4) is 5.95 Å². The monoisotopic (exact) mass is 419 g/mol. The topological polar surface area (TPSA) is 63.1 Å². The highest BCUT2D eigenvalue weighted by molar-refractivity contribution is 6.08. The normalized spacial score (nSPS) is 13.0. The van der Waals surface area contributed by atoms with Crippen LogP contribution in [0.3, 0.4) is 0 Å². The molecule has 1 aromatic carbocycles. The van der Waals surface area contributed by atoms with Gasteiger partial charge in [0.1, 0.15) is 0 Å². The van der Waals surface area contributed by atoms with Crippen molar-refractivity contribution in [2.24, 2.45) is 0 Å². The first-order valence-corrected chi connectivity index (χ1v) is 11.0. The lowest BCUT2D eigenvalue weighted by molar-refractivity contribution is 0.0944. The second kappa shape index (κ2) is 10.4. The Morgan fingerprint density at radius 2 is 2.00 bits per heavy atom. The first-order valence-electron chi connectivity index (χ1n) is 11.0. The van der Waals surface area contributed by atoms with Crippen LogP contribution >= 0.6 is 0 Å². The van der Waals surface area contributed by atoms with Gasteiger partial charge in [0.15, 0.2) is 0 Å². The summed E-state index contributed by atoms with van der Waals surface area (Å²) in [5.74, 6) is 0.478. The lowest BCUT2D eigenvalue weighted by Gasteiger charge is -2.29. The number of fused-ring (bicyclic) bond motifs is 1. The summed E-state index contributed by atoms with van der Waals surface area (Å²) in [5.41, 5.74) is 3.89. The maximum absolute atomic E-state index is 13.3. The second-order valence-corrected chi connectivity index (χ2v) is 8.02. The fourth-order valence-corrected chi connectivity index (χ4v) is 3.92.